The van der Waals surface area contributed by atoms with Gasteiger partial charge in [0.15, 0.2) is 0 Å². The van der Waals surface area contributed by atoms with E-state index >= 15 is 0 Å². The maximum atomic E-state index is 13.5. The molecule has 1 heterocycles. The number of carbonyl (C=O) groups excluding carboxylic acids is 1. The van der Waals surface area contributed by atoms with Crippen LogP contribution in [0.2, 0.25) is 5.02 Å². The molecule has 0 spiro atoms. The van der Waals surface area contributed by atoms with E-state index in [-0.39, 0.29) is 29.6 Å². The minimum absolute atomic E-state index is 0.0810. The lowest BCUT2D eigenvalue weighted by Gasteiger charge is -2.20. The van der Waals surface area contributed by atoms with E-state index < -0.39 is 5.82 Å². The summed E-state index contributed by atoms with van der Waals surface area (Å²) in [6.07, 6.45) is 0.386. The summed E-state index contributed by atoms with van der Waals surface area (Å²) in [7, 11) is 1.71. The van der Waals surface area contributed by atoms with Crippen molar-refractivity contribution in [1.29, 1.82) is 0 Å². The predicted molar refractivity (Wildman–Crippen MR) is 70.6 cm³/mol. The summed E-state index contributed by atoms with van der Waals surface area (Å²) in [5.74, 6) is -0.576. The number of hydrogen-bond acceptors (Lipinski definition) is 3. The molecule has 1 aromatic rings. The molecule has 0 radical (unpaired) electrons. The van der Waals surface area contributed by atoms with Crippen molar-refractivity contribution in [2.45, 2.75) is 18.6 Å². The van der Waals surface area contributed by atoms with E-state index in [9.17, 15) is 9.18 Å². The number of rotatable bonds is 4. The fraction of sp³-hybridized carbons (Fsp3) is 0.462. The Balaban J connectivity index is 2.09. The topological polar surface area (TPSA) is 50.4 Å². The lowest BCUT2D eigenvalue weighted by molar-refractivity contribution is -0.121. The van der Waals surface area contributed by atoms with Crippen molar-refractivity contribution in [3.63, 3.8) is 0 Å². The number of benzene rings is 1. The van der Waals surface area contributed by atoms with Gasteiger partial charge in [0.2, 0.25) is 5.91 Å². The fourth-order valence-electron chi connectivity index (χ4n) is 2.17. The molecule has 2 rings (SSSR count). The average molecular weight is 287 g/mol. The van der Waals surface area contributed by atoms with Crippen LogP contribution in [0.1, 0.15) is 18.1 Å². The first-order valence-corrected chi connectivity index (χ1v) is 6.50. The van der Waals surface area contributed by atoms with Crippen molar-refractivity contribution < 1.29 is 13.9 Å². The second-order valence-electron chi connectivity index (χ2n) is 4.46. The summed E-state index contributed by atoms with van der Waals surface area (Å²) < 4.78 is 19.0. The Bertz CT molecular complexity index is 470. The van der Waals surface area contributed by atoms with Crippen LogP contribution in [0.3, 0.4) is 0 Å². The number of hydrogen-bond donors (Lipinski definition) is 2. The zero-order valence-corrected chi connectivity index (χ0v) is 11.3. The number of nitrogens with one attached hydrogen (secondary N) is 2. The number of carbonyl (C=O) groups is 1. The molecule has 19 heavy (non-hydrogen) atoms. The second kappa shape index (κ2) is 6.32. The van der Waals surface area contributed by atoms with Gasteiger partial charge >= 0.3 is 0 Å². The molecule has 2 atom stereocenters. The SMILES string of the molecule is CNCC(=O)NC1CCOC1c1ccc(Cl)c(F)c1. The summed E-state index contributed by atoms with van der Waals surface area (Å²) in [5, 5.41) is 5.74. The molecule has 2 unspecified atom stereocenters. The summed E-state index contributed by atoms with van der Waals surface area (Å²) in [4.78, 5) is 11.6. The third-order valence-corrected chi connectivity index (χ3v) is 3.35. The van der Waals surface area contributed by atoms with Crippen molar-refractivity contribution in [3.8, 4) is 0 Å². The van der Waals surface area contributed by atoms with Crippen molar-refractivity contribution in [2.75, 3.05) is 20.2 Å². The Labute approximate surface area is 116 Å². The molecule has 1 aliphatic rings. The third kappa shape index (κ3) is 3.43. The smallest absolute Gasteiger partial charge is 0.234 e. The standard InChI is InChI=1S/C13H16ClFN2O2/c1-16-7-12(18)17-11-4-5-19-13(11)8-2-3-9(14)10(15)6-8/h2-3,6,11,13,16H,4-5,7H2,1H3,(H,17,18). The van der Waals surface area contributed by atoms with Gasteiger partial charge in [-0.25, -0.2) is 4.39 Å². The second-order valence-corrected chi connectivity index (χ2v) is 4.87. The van der Waals surface area contributed by atoms with Gasteiger partial charge in [-0.15, -0.1) is 0 Å². The van der Waals surface area contributed by atoms with E-state index in [0.29, 0.717) is 18.6 Å². The van der Waals surface area contributed by atoms with E-state index in [0.717, 1.165) is 0 Å². The van der Waals surface area contributed by atoms with Gasteiger partial charge in [-0.05, 0) is 31.2 Å². The van der Waals surface area contributed by atoms with Crippen molar-refractivity contribution >= 4 is 17.5 Å². The minimum atomic E-state index is -0.477. The van der Waals surface area contributed by atoms with Gasteiger partial charge < -0.3 is 15.4 Å². The lowest BCUT2D eigenvalue weighted by Crippen LogP contribution is -2.41. The molecule has 0 aromatic heterocycles. The van der Waals surface area contributed by atoms with Crippen LogP contribution in [0.5, 0.6) is 0 Å². The molecular formula is C13H16ClFN2O2. The molecule has 1 amide bonds. The zero-order chi connectivity index (χ0) is 13.8. The van der Waals surface area contributed by atoms with Gasteiger partial charge in [0, 0.05) is 6.61 Å². The van der Waals surface area contributed by atoms with Gasteiger partial charge in [-0.1, -0.05) is 17.7 Å². The number of halogens is 2. The Morgan fingerprint density at radius 2 is 2.37 bits per heavy atom. The highest BCUT2D eigenvalue weighted by atomic mass is 35.5. The molecular weight excluding hydrogens is 271 g/mol. The quantitative estimate of drug-likeness (QED) is 0.885. The molecule has 0 aliphatic carbocycles. The first kappa shape index (κ1) is 14.2. The van der Waals surface area contributed by atoms with Gasteiger partial charge in [0.1, 0.15) is 11.9 Å². The lowest BCUT2D eigenvalue weighted by atomic mass is 10.0. The van der Waals surface area contributed by atoms with Crippen LogP contribution in [-0.4, -0.2) is 32.1 Å². The fourth-order valence-corrected chi connectivity index (χ4v) is 2.29. The van der Waals surface area contributed by atoms with Crippen LogP contribution in [0.4, 0.5) is 4.39 Å². The summed E-state index contributed by atoms with van der Waals surface area (Å²) in [6, 6.07) is 4.44. The molecule has 2 N–H and O–H groups in total. The molecule has 0 bridgehead atoms. The number of ether oxygens (including phenoxy) is 1. The number of likely N-dealkylation sites (N-methyl/N-ethyl adjacent to an activating group) is 1. The first-order valence-electron chi connectivity index (χ1n) is 6.12. The van der Waals surface area contributed by atoms with Crippen LogP contribution in [0.15, 0.2) is 18.2 Å². The van der Waals surface area contributed by atoms with Crippen molar-refractivity contribution in [2.24, 2.45) is 0 Å². The van der Waals surface area contributed by atoms with Gasteiger partial charge in [-0.3, -0.25) is 4.79 Å². The molecule has 104 valence electrons. The highest BCUT2D eigenvalue weighted by Gasteiger charge is 2.31. The molecule has 6 heteroatoms. The summed E-state index contributed by atoms with van der Waals surface area (Å²) in [6.45, 7) is 0.789. The molecule has 1 aliphatic heterocycles. The molecule has 1 aromatic carbocycles. The Kier molecular flexibility index (Phi) is 4.74. The van der Waals surface area contributed by atoms with Gasteiger partial charge in [0.05, 0.1) is 17.6 Å². The van der Waals surface area contributed by atoms with Crippen LogP contribution < -0.4 is 10.6 Å². The first-order chi connectivity index (χ1) is 9.11. The maximum Gasteiger partial charge on any atom is 0.234 e. The van der Waals surface area contributed by atoms with Crippen LogP contribution in [-0.2, 0) is 9.53 Å². The molecule has 4 nitrogen and oxygen atoms in total. The van der Waals surface area contributed by atoms with Crippen LogP contribution in [0.25, 0.3) is 0 Å². The van der Waals surface area contributed by atoms with Crippen molar-refractivity contribution in [1.82, 2.24) is 10.6 Å². The molecule has 1 saturated heterocycles. The third-order valence-electron chi connectivity index (χ3n) is 3.05. The van der Waals surface area contributed by atoms with E-state index in [2.05, 4.69) is 10.6 Å². The highest BCUT2D eigenvalue weighted by molar-refractivity contribution is 6.30. The van der Waals surface area contributed by atoms with E-state index in [4.69, 9.17) is 16.3 Å². The van der Waals surface area contributed by atoms with Crippen LogP contribution in [0, 0.1) is 5.82 Å². The maximum absolute atomic E-state index is 13.5. The normalized spacial score (nSPS) is 22.5. The zero-order valence-electron chi connectivity index (χ0n) is 10.6. The molecule has 1 fully saturated rings. The molecule has 0 saturated carbocycles. The summed E-state index contributed by atoms with van der Waals surface area (Å²) in [5.41, 5.74) is 0.689. The Morgan fingerprint density at radius 1 is 1.58 bits per heavy atom. The van der Waals surface area contributed by atoms with E-state index in [1.165, 1.54) is 12.1 Å². The average Bonchev–Trinajstić information content (AvgIpc) is 2.81. The Morgan fingerprint density at radius 3 is 3.05 bits per heavy atom. The largest absolute Gasteiger partial charge is 0.371 e. The van der Waals surface area contributed by atoms with E-state index in [1.807, 2.05) is 0 Å². The number of amides is 1. The highest BCUT2D eigenvalue weighted by Crippen LogP contribution is 2.30. The van der Waals surface area contributed by atoms with Crippen molar-refractivity contribution in [3.05, 3.63) is 34.6 Å². The van der Waals surface area contributed by atoms with Crippen LogP contribution >= 0.6 is 11.6 Å². The minimum Gasteiger partial charge on any atom is -0.371 e. The predicted octanol–water partition coefficient (Wildman–Crippen LogP) is 1.64. The van der Waals surface area contributed by atoms with Gasteiger partial charge in [-0.2, -0.15) is 0 Å². The van der Waals surface area contributed by atoms with E-state index in [1.54, 1.807) is 13.1 Å². The Hall–Kier alpha value is -1.17. The van der Waals surface area contributed by atoms with Gasteiger partial charge in [0.25, 0.3) is 0 Å². The monoisotopic (exact) mass is 286 g/mol. The summed E-state index contributed by atoms with van der Waals surface area (Å²) >= 11 is 5.66.